The van der Waals surface area contributed by atoms with Crippen LogP contribution in [-0.4, -0.2) is 33.7 Å². The molecule has 0 bridgehead atoms. The zero-order valence-corrected chi connectivity index (χ0v) is 31.4. The molecule has 0 saturated heterocycles. The van der Waals surface area contributed by atoms with Crippen molar-refractivity contribution in [2.75, 3.05) is 0 Å². The van der Waals surface area contributed by atoms with Gasteiger partial charge in [0.05, 0.1) is 0 Å². The number of ether oxygens (including phenoxy) is 1. The van der Waals surface area contributed by atoms with Crippen LogP contribution in [0.5, 0.6) is 5.75 Å². The van der Waals surface area contributed by atoms with E-state index in [0.717, 1.165) is 48.4 Å². The summed E-state index contributed by atoms with van der Waals surface area (Å²) < 4.78 is 5.87. The van der Waals surface area contributed by atoms with Crippen LogP contribution in [0, 0.1) is 80.0 Å². The minimum Gasteiger partial charge on any atom is -0.465 e. The maximum absolute atomic E-state index is 11.5. The van der Waals surface area contributed by atoms with E-state index in [1.165, 1.54) is 30.4 Å². The molecule has 1 aromatic carbocycles. The van der Waals surface area contributed by atoms with Crippen molar-refractivity contribution < 1.29 is 46.1 Å². The third-order valence-corrected chi connectivity index (χ3v) is 10.9. The summed E-state index contributed by atoms with van der Waals surface area (Å²) in [5.41, 5.74) is 7.48. The quantitative estimate of drug-likeness (QED) is 0.134. The van der Waals surface area contributed by atoms with Crippen molar-refractivity contribution in [3.8, 4) is 5.75 Å². The second-order valence-corrected chi connectivity index (χ2v) is 13.8. The molecule has 1 aromatic rings. The molecule has 0 aromatic heterocycles. The Kier molecular flexibility index (Phi) is 11.3. The fourth-order valence-corrected chi connectivity index (χ4v) is 7.97. The van der Waals surface area contributed by atoms with Gasteiger partial charge in [0, 0.05) is 66.2 Å². The van der Waals surface area contributed by atoms with Crippen LogP contribution in [0.2, 0.25) is 0 Å². The van der Waals surface area contributed by atoms with Crippen LogP contribution in [-0.2, 0) is 0 Å². The van der Waals surface area contributed by atoms with Gasteiger partial charge in [-0.1, -0.05) is 71.7 Å². The fraction of sp³-hybridized carbons (Fsp3) is 0.475. The van der Waals surface area contributed by atoms with Crippen molar-refractivity contribution in [2.24, 2.45) is 35.5 Å². The molecule has 238 valence electrons. The first-order valence-corrected chi connectivity index (χ1v) is 16.7. The Bertz CT molecular complexity index is 1400. The summed E-state index contributed by atoms with van der Waals surface area (Å²) in [4.78, 5) is 2.24. The average Bonchev–Trinajstić information content (AvgIpc) is 3.84. The van der Waals surface area contributed by atoms with Gasteiger partial charge in [0.1, 0.15) is 5.75 Å². The van der Waals surface area contributed by atoms with E-state index in [1.807, 2.05) is 49.4 Å². The van der Waals surface area contributed by atoms with Gasteiger partial charge in [0.2, 0.25) is 6.29 Å². The van der Waals surface area contributed by atoms with Gasteiger partial charge in [-0.25, -0.2) is 0 Å². The van der Waals surface area contributed by atoms with Crippen LogP contribution < -0.4 is 4.74 Å². The molecule has 6 rings (SSSR count). The molecule has 8 unspecified atom stereocenters. The minimum atomic E-state index is -0.909. The van der Waals surface area contributed by atoms with Crippen molar-refractivity contribution in [3.05, 3.63) is 120 Å². The minimum absolute atomic E-state index is 0. The number of allylic oxidation sites excluding steroid dienone is 7. The number of hydrogen-bond donors (Lipinski definition) is 2. The van der Waals surface area contributed by atoms with Crippen molar-refractivity contribution in [1.82, 2.24) is 4.90 Å². The first-order chi connectivity index (χ1) is 21.3. The molecular formula is C40H50NO3U-. The van der Waals surface area contributed by atoms with E-state index in [9.17, 15) is 10.2 Å². The summed E-state index contributed by atoms with van der Waals surface area (Å²) in [5, 5.41) is 22.4. The molecule has 4 aliphatic carbocycles. The summed E-state index contributed by atoms with van der Waals surface area (Å²) in [6, 6.07) is 8.11. The standard InChI is InChI=1S/C40H50NO3.U/c1-6-29(7-2)27(5)26(4)22-28-10-12-30(13-11-28)31-14-17-33(18-15-31)41-38-24-37(38)36-23-32(16-21-35(36)39(41)42)40(43)44-34-19-8-25(3)9-20-34;/h6-9,12,14,16-21,26,28-29,31-32,37-40,42-43H,1,5,10-11,13,15,22-24H2,2-4H3;/q-1;/t26?,28?,29?,31?,32?,37?,38?,39?,40-;/m0./s1. The zero-order chi connectivity index (χ0) is 31.0. The van der Waals surface area contributed by atoms with Crippen molar-refractivity contribution in [1.29, 1.82) is 0 Å². The largest absolute Gasteiger partial charge is 0.465 e. The molecule has 4 nitrogen and oxygen atoms in total. The molecule has 1 saturated carbocycles. The predicted octanol–water partition coefficient (Wildman–Crippen LogP) is 8.38. The van der Waals surface area contributed by atoms with E-state index >= 15 is 0 Å². The first-order valence-electron chi connectivity index (χ1n) is 16.7. The number of aliphatic hydroxyl groups is 2. The smallest absolute Gasteiger partial charge is 0.204 e. The predicted molar refractivity (Wildman–Crippen MR) is 179 cm³/mol. The Hall–Kier alpha value is -2.03. The Morgan fingerprint density at radius 2 is 1.93 bits per heavy atom. The van der Waals surface area contributed by atoms with Gasteiger partial charge in [-0.15, -0.1) is 25.2 Å². The molecule has 0 amide bonds. The van der Waals surface area contributed by atoms with E-state index in [1.54, 1.807) is 5.57 Å². The Balaban J connectivity index is 0.00000400. The third kappa shape index (κ3) is 7.43. The van der Waals surface area contributed by atoms with Crippen molar-refractivity contribution >= 4 is 0 Å². The van der Waals surface area contributed by atoms with Gasteiger partial charge in [-0.3, -0.25) is 0 Å². The maximum Gasteiger partial charge on any atom is 0.204 e. The normalized spacial score (nSPS) is 30.6. The first kappa shape index (κ1) is 34.3. The van der Waals surface area contributed by atoms with E-state index in [2.05, 4.69) is 62.6 Å². The van der Waals surface area contributed by atoms with E-state index < -0.39 is 12.5 Å². The van der Waals surface area contributed by atoms with Crippen LogP contribution in [0.15, 0.2) is 108 Å². The fourth-order valence-electron chi connectivity index (χ4n) is 7.97. The average molecular weight is 831 g/mol. The number of benzene rings is 1. The summed E-state index contributed by atoms with van der Waals surface area (Å²) in [7, 11) is 0. The summed E-state index contributed by atoms with van der Waals surface area (Å²) in [6.45, 7) is 14.8. The molecule has 1 fully saturated rings. The number of fused-ring (bicyclic) bond motifs is 2. The van der Waals surface area contributed by atoms with Gasteiger partial charge >= 0.3 is 0 Å². The molecule has 0 spiro atoms. The van der Waals surface area contributed by atoms with E-state index in [0.29, 0.717) is 35.5 Å². The number of nitrogens with zero attached hydrogens (tertiary/aromatic N) is 1. The molecule has 1 heterocycles. The number of aliphatic hydroxyl groups excluding tert-OH is 2. The monoisotopic (exact) mass is 830 g/mol. The Labute approximate surface area is 294 Å². The number of hydrogen-bond acceptors (Lipinski definition) is 4. The summed E-state index contributed by atoms with van der Waals surface area (Å²) >= 11 is 0. The molecule has 5 heteroatoms. The van der Waals surface area contributed by atoms with E-state index in [-0.39, 0.29) is 37.0 Å². The van der Waals surface area contributed by atoms with Gasteiger partial charge in [-0.05, 0) is 81.9 Å². The molecular weight excluding hydrogens is 780 g/mol. The summed E-state index contributed by atoms with van der Waals surface area (Å²) in [6.07, 6.45) is 23.7. The number of rotatable bonds is 11. The Morgan fingerprint density at radius 3 is 2.58 bits per heavy atom. The third-order valence-electron chi connectivity index (χ3n) is 10.9. The van der Waals surface area contributed by atoms with Gasteiger partial charge in [0.15, 0.2) is 6.23 Å². The molecule has 5 aliphatic rings. The molecule has 45 heavy (non-hydrogen) atoms. The van der Waals surface area contributed by atoms with Crippen LogP contribution >= 0.6 is 0 Å². The summed E-state index contributed by atoms with van der Waals surface area (Å²) in [5.74, 6) is 3.00. The van der Waals surface area contributed by atoms with E-state index in [4.69, 9.17) is 4.74 Å². The SMILES string of the molecule is C=CC([CH-]C)C(=C)C(C)CC1CC=C(C2C=CC(N3C(O)C4=C(CC([C@@H](O)Oc5ccc(C)cc5)C=C4)C4CC43)=CC2)CC1.[U]. The number of aryl methyl sites for hydroxylation is 1. The van der Waals surface area contributed by atoms with Crippen LogP contribution in [0.1, 0.15) is 64.4 Å². The maximum atomic E-state index is 11.5. The Morgan fingerprint density at radius 1 is 1.16 bits per heavy atom. The molecule has 9 atom stereocenters. The van der Waals surface area contributed by atoms with Crippen LogP contribution in [0.4, 0.5) is 0 Å². The van der Waals surface area contributed by atoms with Crippen molar-refractivity contribution in [2.45, 2.75) is 84.3 Å². The molecule has 2 N–H and O–H groups in total. The second-order valence-electron chi connectivity index (χ2n) is 13.8. The van der Waals surface area contributed by atoms with Crippen molar-refractivity contribution in [3.63, 3.8) is 0 Å². The topological polar surface area (TPSA) is 52.9 Å². The second kappa shape index (κ2) is 14.8. The van der Waals surface area contributed by atoms with Crippen LogP contribution in [0.25, 0.3) is 0 Å². The van der Waals surface area contributed by atoms with Gasteiger partial charge in [-0.2, -0.15) is 6.92 Å². The zero-order valence-electron chi connectivity index (χ0n) is 27.2. The van der Waals surface area contributed by atoms with Gasteiger partial charge in [0.25, 0.3) is 0 Å². The van der Waals surface area contributed by atoms with Gasteiger partial charge < -0.3 is 26.3 Å². The molecule has 1 aliphatic heterocycles. The van der Waals surface area contributed by atoms with Crippen LogP contribution in [0.3, 0.4) is 0 Å². The molecule has 0 radical (unpaired) electrons.